The van der Waals surface area contributed by atoms with E-state index in [1.54, 1.807) is 24.4 Å². The molecule has 0 unspecified atom stereocenters. The van der Waals surface area contributed by atoms with Crippen LogP contribution in [0.1, 0.15) is 30.1 Å². The van der Waals surface area contributed by atoms with Gasteiger partial charge >= 0.3 is 0 Å². The van der Waals surface area contributed by atoms with Crippen LogP contribution in [0.4, 0.5) is 11.5 Å². The molecule has 1 aromatic heterocycles. The molecule has 0 spiro atoms. The summed E-state index contributed by atoms with van der Waals surface area (Å²) in [5.41, 5.74) is 0.995. The molecule has 0 saturated heterocycles. The summed E-state index contributed by atoms with van der Waals surface area (Å²) < 4.78 is 15.8. The summed E-state index contributed by atoms with van der Waals surface area (Å²) in [6, 6.07) is 6.84. The van der Waals surface area contributed by atoms with Gasteiger partial charge in [-0.3, -0.25) is 4.79 Å². The molecule has 26 heavy (non-hydrogen) atoms. The van der Waals surface area contributed by atoms with Gasteiger partial charge in [-0.15, -0.1) is 0 Å². The lowest BCUT2D eigenvalue weighted by atomic mass is 10.1. The number of rotatable bonds is 9. The summed E-state index contributed by atoms with van der Waals surface area (Å²) in [5.74, 6) is 1.77. The molecular weight excluding hydrogens is 334 g/mol. The van der Waals surface area contributed by atoms with Crippen LogP contribution in [0.3, 0.4) is 0 Å². The Bertz CT molecular complexity index is 707. The molecule has 0 saturated carbocycles. The number of hydrogen-bond donors (Lipinski definition) is 2. The Kier molecular flexibility index (Phi) is 7.08. The summed E-state index contributed by atoms with van der Waals surface area (Å²) >= 11 is 0. The molecule has 1 amide bonds. The lowest BCUT2D eigenvalue weighted by molar-refractivity contribution is 0.102. The highest BCUT2D eigenvalue weighted by atomic mass is 16.5. The van der Waals surface area contributed by atoms with Crippen LogP contribution in [-0.4, -0.2) is 38.8 Å². The van der Waals surface area contributed by atoms with Crippen LogP contribution >= 0.6 is 0 Å². The molecule has 0 aliphatic rings. The van der Waals surface area contributed by atoms with Crippen molar-refractivity contribution >= 4 is 17.4 Å². The molecule has 1 heterocycles. The molecular formula is C19H25N3O4. The van der Waals surface area contributed by atoms with E-state index in [9.17, 15) is 4.79 Å². The van der Waals surface area contributed by atoms with Crippen molar-refractivity contribution in [2.75, 3.05) is 38.5 Å². The summed E-state index contributed by atoms with van der Waals surface area (Å²) in [4.78, 5) is 16.8. The molecule has 7 nitrogen and oxygen atoms in total. The van der Waals surface area contributed by atoms with E-state index in [2.05, 4.69) is 22.5 Å². The number of amides is 1. The third-order valence-corrected chi connectivity index (χ3v) is 3.78. The zero-order valence-electron chi connectivity index (χ0n) is 15.6. The molecule has 0 atom stereocenters. The maximum absolute atomic E-state index is 12.5. The summed E-state index contributed by atoms with van der Waals surface area (Å²) in [5, 5.41) is 6.04. The Balaban J connectivity index is 2.12. The minimum Gasteiger partial charge on any atom is -0.493 e. The number of unbranched alkanes of at least 4 members (excludes halogenated alkanes) is 1. The first-order valence-electron chi connectivity index (χ1n) is 8.44. The SMILES string of the molecule is CCCCNc1ccc(NC(=O)c2cc(OC)c(OC)c(OC)c2)cn1. The summed E-state index contributed by atoms with van der Waals surface area (Å²) in [7, 11) is 4.53. The van der Waals surface area contributed by atoms with Crippen LogP contribution in [0.2, 0.25) is 0 Å². The predicted molar refractivity (Wildman–Crippen MR) is 102 cm³/mol. The number of anilines is 2. The van der Waals surface area contributed by atoms with Crippen molar-refractivity contribution in [1.82, 2.24) is 4.98 Å². The minimum atomic E-state index is -0.294. The van der Waals surface area contributed by atoms with Crippen LogP contribution in [0.15, 0.2) is 30.5 Å². The van der Waals surface area contributed by atoms with Gasteiger partial charge in [-0.05, 0) is 30.7 Å². The third kappa shape index (κ3) is 4.78. The van der Waals surface area contributed by atoms with E-state index < -0.39 is 0 Å². The normalized spacial score (nSPS) is 10.2. The molecule has 0 aliphatic heterocycles. The zero-order chi connectivity index (χ0) is 18.9. The monoisotopic (exact) mass is 359 g/mol. The van der Waals surface area contributed by atoms with E-state index in [-0.39, 0.29) is 5.91 Å². The van der Waals surface area contributed by atoms with Gasteiger partial charge < -0.3 is 24.8 Å². The van der Waals surface area contributed by atoms with Crippen molar-refractivity contribution < 1.29 is 19.0 Å². The highest BCUT2D eigenvalue weighted by molar-refractivity contribution is 6.05. The van der Waals surface area contributed by atoms with Gasteiger partial charge in [-0.25, -0.2) is 4.98 Å². The Morgan fingerprint density at radius 3 is 2.27 bits per heavy atom. The topological polar surface area (TPSA) is 81.7 Å². The first kappa shape index (κ1) is 19.4. The second-order valence-corrected chi connectivity index (χ2v) is 5.58. The van der Waals surface area contributed by atoms with E-state index in [0.717, 1.165) is 25.2 Å². The molecule has 7 heteroatoms. The molecule has 2 rings (SSSR count). The lowest BCUT2D eigenvalue weighted by Gasteiger charge is -2.14. The average molecular weight is 359 g/mol. The van der Waals surface area contributed by atoms with Crippen molar-refractivity contribution in [3.63, 3.8) is 0 Å². The molecule has 0 radical (unpaired) electrons. The fourth-order valence-corrected chi connectivity index (χ4v) is 2.38. The van der Waals surface area contributed by atoms with Crippen LogP contribution in [-0.2, 0) is 0 Å². The summed E-state index contributed by atoms with van der Waals surface area (Å²) in [6.45, 7) is 3.01. The Morgan fingerprint density at radius 2 is 1.77 bits per heavy atom. The quantitative estimate of drug-likeness (QED) is 0.666. The Morgan fingerprint density at radius 1 is 1.08 bits per heavy atom. The van der Waals surface area contributed by atoms with Gasteiger partial charge in [-0.1, -0.05) is 13.3 Å². The van der Waals surface area contributed by atoms with Gasteiger partial charge in [0.15, 0.2) is 11.5 Å². The zero-order valence-corrected chi connectivity index (χ0v) is 15.6. The van der Waals surface area contributed by atoms with Crippen molar-refractivity contribution in [2.45, 2.75) is 19.8 Å². The number of carbonyl (C=O) groups is 1. The molecule has 0 bridgehead atoms. The Labute approximate surface area is 153 Å². The van der Waals surface area contributed by atoms with Gasteiger partial charge in [0.2, 0.25) is 5.75 Å². The average Bonchev–Trinajstić information content (AvgIpc) is 2.68. The third-order valence-electron chi connectivity index (χ3n) is 3.78. The fourth-order valence-electron chi connectivity index (χ4n) is 2.38. The van der Waals surface area contributed by atoms with Crippen LogP contribution in [0, 0.1) is 0 Å². The van der Waals surface area contributed by atoms with E-state index in [0.29, 0.717) is 28.5 Å². The van der Waals surface area contributed by atoms with Crippen LogP contribution in [0.5, 0.6) is 17.2 Å². The van der Waals surface area contributed by atoms with Gasteiger partial charge in [0.05, 0.1) is 33.2 Å². The molecule has 0 aliphatic carbocycles. The number of methoxy groups -OCH3 is 3. The molecule has 140 valence electrons. The number of pyridine rings is 1. The molecule has 2 aromatic rings. The van der Waals surface area contributed by atoms with E-state index in [1.807, 2.05) is 6.07 Å². The maximum Gasteiger partial charge on any atom is 0.255 e. The number of carbonyl (C=O) groups excluding carboxylic acids is 1. The van der Waals surface area contributed by atoms with Crippen molar-refractivity contribution in [3.05, 3.63) is 36.0 Å². The summed E-state index contributed by atoms with van der Waals surface area (Å²) in [6.07, 6.45) is 3.82. The first-order valence-corrected chi connectivity index (χ1v) is 8.44. The minimum absolute atomic E-state index is 0.294. The second-order valence-electron chi connectivity index (χ2n) is 5.58. The van der Waals surface area contributed by atoms with Crippen molar-refractivity contribution in [1.29, 1.82) is 0 Å². The standard InChI is InChI=1S/C19H25N3O4/c1-5-6-9-20-17-8-7-14(12-21-17)22-19(23)13-10-15(24-2)18(26-4)16(11-13)25-3/h7-8,10-12H,5-6,9H2,1-4H3,(H,20,21)(H,22,23). The molecule has 1 aromatic carbocycles. The van der Waals surface area contributed by atoms with Gasteiger partial charge in [-0.2, -0.15) is 0 Å². The van der Waals surface area contributed by atoms with Crippen LogP contribution < -0.4 is 24.8 Å². The smallest absolute Gasteiger partial charge is 0.255 e. The van der Waals surface area contributed by atoms with Gasteiger partial charge in [0.25, 0.3) is 5.91 Å². The maximum atomic E-state index is 12.5. The lowest BCUT2D eigenvalue weighted by Crippen LogP contribution is -2.13. The van der Waals surface area contributed by atoms with Crippen molar-refractivity contribution in [3.8, 4) is 17.2 Å². The number of benzene rings is 1. The van der Waals surface area contributed by atoms with E-state index in [4.69, 9.17) is 14.2 Å². The first-order chi connectivity index (χ1) is 12.6. The number of nitrogens with zero attached hydrogens (tertiary/aromatic N) is 1. The molecule has 0 fully saturated rings. The predicted octanol–water partition coefficient (Wildman–Crippen LogP) is 3.57. The fraction of sp³-hybridized carbons (Fsp3) is 0.368. The van der Waals surface area contributed by atoms with Gasteiger partial charge in [0, 0.05) is 12.1 Å². The van der Waals surface area contributed by atoms with E-state index in [1.165, 1.54) is 21.3 Å². The number of hydrogen-bond acceptors (Lipinski definition) is 6. The molecule has 2 N–H and O–H groups in total. The highest BCUT2D eigenvalue weighted by Gasteiger charge is 2.17. The van der Waals surface area contributed by atoms with E-state index >= 15 is 0 Å². The van der Waals surface area contributed by atoms with Crippen LogP contribution in [0.25, 0.3) is 0 Å². The number of aromatic nitrogens is 1. The van der Waals surface area contributed by atoms with Crippen molar-refractivity contribution in [2.24, 2.45) is 0 Å². The highest BCUT2D eigenvalue weighted by Crippen LogP contribution is 2.38. The number of nitrogens with one attached hydrogen (secondary N) is 2. The second kappa shape index (κ2) is 9.50. The number of ether oxygens (including phenoxy) is 3. The Hall–Kier alpha value is -2.96. The largest absolute Gasteiger partial charge is 0.493 e. The van der Waals surface area contributed by atoms with Gasteiger partial charge in [0.1, 0.15) is 5.82 Å².